The third-order valence-electron chi connectivity index (χ3n) is 6.71. The van der Waals surface area contributed by atoms with Gasteiger partial charge in [0, 0.05) is 57.0 Å². The van der Waals surface area contributed by atoms with Crippen molar-refractivity contribution in [3.63, 3.8) is 0 Å². The molecule has 2 N–H and O–H groups in total. The highest BCUT2D eigenvalue weighted by molar-refractivity contribution is 6.07. The van der Waals surface area contributed by atoms with Gasteiger partial charge in [0.15, 0.2) is 0 Å². The monoisotopic (exact) mass is 515 g/mol. The summed E-state index contributed by atoms with van der Waals surface area (Å²) in [4.78, 5) is 25.3. The van der Waals surface area contributed by atoms with Crippen LogP contribution in [0.3, 0.4) is 0 Å². The maximum Gasteiger partial charge on any atom is 0.254 e. The van der Waals surface area contributed by atoms with Crippen LogP contribution in [0.15, 0.2) is 42.6 Å². The quantitative estimate of drug-likeness (QED) is 0.289. The van der Waals surface area contributed by atoms with Gasteiger partial charge in [-0.25, -0.2) is 9.97 Å². The van der Waals surface area contributed by atoms with E-state index in [0.29, 0.717) is 24.4 Å². The molecule has 4 rings (SSSR count). The molecule has 0 fully saturated rings. The number of fused-ring (bicyclic) bond motifs is 1. The smallest absolute Gasteiger partial charge is 0.254 e. The largest absolute Gasteiger partial charge is 0.382 e. The Hall–Kier alpha value is -3.82. The van der Waals surface area contributed by atoms with Gasteiger partial charge in [-0.1, -0.05) is 6.07 Å². The second-order valence-electron chi connectivity index (χ2n) is 9.43. The molecule has 38 heavy (non-hydrogen) atoms. The van der Waals surface area contributed by atoms with E-state index in [4.69, 9.17) is 14.7 Å². The van der Waals surface area contributed by atoms with Crippen molar-refractivity contribution in [2.45, 2.75) is 40.5 Å². The number of nitrogens with zero attached hydrogens (tertiary/aromatic N) is 5. The highest BCUT2D eigenvalue weighted by atomic mass is 16.5. The molecule has 3 heterocycles. The molecular weight excluding hydrogens is 478 g/mol. The van der Waals surface area contributed by atoms with Crippen molar-refractivity contribution in [2.75, 3.05) is 39.6 Å². The first-order valence-corrected chi connectivity index (χ1v) is 12.9. The summed E-state index contributed by atoms with van der Waals surface area (Å²) >= 11 is 0. The molecule has 0 spiro atoms. The van der Waals surface area contributed by atoms with Crippen LogP contribution in [0.4, 0.5) is 5.69 Å². The molecule has 3 aromatic heterocycles. The third-order valence-corrected chi connectivity index (χ3v) is 6.71. The maximum absolute atomic E-state index is 13.9. The van der Waals surface area contributed by atoms with Gasteiger partial charge in [-0.05, 0) is 63.7 Å². The van der Waals surface area contributed by atoms with E-state index in [9.17, 15) is 4.79 Å². The lowest BCUT2D eigenvalue weighted by atomic mass is 10.0. The number of pyridine rings is 2. The Morgan fingerprint density at radius 1 is 1.08 bits per heavy atom. The highest BCUT2D eigenvalue weighted by Crippen LogP contribution is 2.28. The van der Waals surface area contributed by atoms with Gasteiger partial charge in [-0.2, -0.15) is 5.10 Å². The van der Waals surface area contributed by atoms with E-state index in [1.807, 2.05) is 75.2 Å². The summed E-state index contributed by atoms with van der Waals surface area (Å²) in [5.41, 5.74) is 7.65. The van der Waals surface area contributed by atoms with E-state index >= 15 is 0 Å². The molecule has 0 bridgehead atoms. The molecule has 0 aliphatic carbocycles. The molecular formula is C29H37N7O2. The summed E-state index contributed by atoms with van der Waals surface area (Å²) < 4.78 is 7.28. The van der Waals surface area contributed by atoms with Crippen LogP contribution in [0.25, 0.3) is 22.3 Å². The SMILES string of the molecule is CCn1ncc(CN(C)C(=O)c2cc(-c3ccc(NCCNC)c(C)n3)nc3ccc(COC)cc23)c1C. The van der Waals surface area contributed by atoms with Crippen LogP contribution in [0, 0.1) is 13.8 Å². The van der Waals surface area contributed by atoms with Gasteiger partial charge in [0.05, 0.1) is 46.7 Å². The van der Waals surface area contributed by atoms with Crippen molar-refractivity contribution in [2.24, 2.45) is 0 Å². The summed E-state index contributed by atoms with van der Waals surface area (Å²) in [7, 11) is 5.41. The average molecular weight is 516 g/mol. The zero-order valence-corrected chi connectivity index (χ0v) is 23.1. The number of nitrogens with one attached hydrogen (secondary N) is 2. The minimum atomic E-state index is -0.0843. The molecule has 0 saturated carbocycles. The number of rotatable bonds is 11. The number of benzene rings is 1. The predicted molar refractivity (Wildman–Crippen MR) is 151 cm³/mol. The fraction of sp³-hybridized carbons (Fsp3) is 0.379. The van der Waals surface area contributed by atoms with Gasteiger partial charge in [0.1, 0.15) is 0 Å². The summed E-state index contributed by atoms with van der Waals surface area (Å²) in [6.45, 7) is 9.44. The molecule has 0 saturated heterocycles. The van der Waals surface area contributed by atoms with Gasteiger partial charge in [-0.15, -0.1) is 0 Å². The van der Waals surface area contributed by atoms with E-state index in [1.165, 1.54) is 0 Å². The van der Waals surface area contributed by atoms with Crippen molar-refractivity contribution in [3.8, 4) is 11.4 Å². The second kappa shape index (κ2) is 12.1. The van der Waals surface area contributed by atoms with Gasteiger partial charge in [0.2, 0.25) is 0 Å². The fourth-order valence-corrected chi connectivity index (χ4v) is 4.54. The molecule has 1 amide bonds. The summed E-state index contributed by atoms with van der Waals surface area (Å²) in [6.07, 6.45) is 1.84. The third kappa shape index (κ3) is 5.84. The van der Waals surface area contributed by atoms with Crippen LogP contribution in [0.2, 0.25) is 0 Å². The Bertz CT molecular complexity index is 1430. The number of amides is 1. The lowest BCUT2D eigenvalue weighted by Gasteiger charge is -2.19. The van der Waals surface area contributed by atoms with Crippen molar-refractivity contribution < 1.29 is 9.53 Å². The first-order valence-electron chi connectivity index (χ1n) is 12.9. The summed E-state index contributed by atoms with van der Waals surface area (Å²) in [6, 6.07) is 11.7. The zero-order valence-electron chi connectivity index (χ0n) is 23.1. The van der Waals surface area contributed by atoms with E-state index in [-0.39, 0.29) is 5.91 Å². The number of hydrogen-bond acceptors (Lipinski definition) is 7. The molecule has 4 aromatic rings. The van der Waals surface area contributed by atoms with Gasteiger partial charge in [0.25, 0.3) is 5.91 Å². The minimum Gasteiger partial charge on any atom is -0.382 e. The van der Waals surface area contributed by atoms with Gasteiger partial charge < -0.3 is 20.3 Å². The van der Waals surface area contributed by atoms with Crippen molar-refractivity contribution in [1.29, 1.82) is 0 Å². The average Bonchev–Trinajstić information content (AvgIpc) is 3.27. The molecule has 0 atom stereocenters. The molecule has 0 unspecified atom stereocenters. The number of anilines is 1. The minimum absolute atomic E-state index is 0.0843. The van der Waals surface area contributed by atoms with Crippen LogP contribution < -0.4 is 10.6 Å². The topological polar surface area (TPSA) is 97.2 Å². The van der Waals surface area contributed by atoms with E-state index < -0.39 is 0 Å². The Kier molecular flexibility index (Phi) is 8.70. The van der Waals surface area contributed by atoms with Gasteiger partial charge in [-0.3, -0.25) is 9.48 Å². The van der Waals surface area contributed by atoms with Crippen molar-refractivity contribution in [3.05, 3.63) is 70.7 Å². The Balaban J connectivity index is 1.73. The molecule has 1 aromatic carbocycles. The lowest BCUT2D eigenvalue weighted by molar-refractivity contribution is 0.0787. The predicted octanol–water partition coefficient (Wildman–Crippen LogP) is 4.18. The molecule has 0 aliphatic heterocycles. The first kappa shape index (κ1) is 27.2. The Morgan fingerprint density at radius 2 is 1.89 bits per heavy atom. The highest BCUT2D eigenvalue weighted by Gasteiger charge is 2.20. The molecule has 9 nitrogen and oxygen atoms in total. The maximum atomic E-state index is 13.9. The number of methoxy groups -OCH3 is 1. The second-order valence-corrected chi connectivity index (χ2v) is 9.43. The standard InChI is InChI=1S/C29H37N7O2/c1-7-36-20(3)22(16-32-36)17-35(5)29(37)24-15-28(34-26-9-8-21(18-38-6)14-23(24)26)27-11-10-25(19(2)33-27)31-13-12-30-4/h8-11,14-16,30-31H,7,12-13,17-18H2,1-6H3. The van der Waals surface area contributed by atoms with Crippen LogP contribution in [-0.4, -0.2) is 64.9 Å². The van der Waals surface area contributed by atoms with Gasteiger partial charge >= 0.3 is 0 Å². The van der Waals surface area contributed by atoms with Crippen LogP contribution >= 0.6 is 0 Å². The normalized spacial score (nSPS) is 11.2. The van der Waals surface area contributed by atoms with Crippen LogP contribution in [0.1, 0.15) is 39.8 Å². The number of likely N-dealkylation sites (N-methyl/N-ethyl adjacent to an activating group) is 1. The zero-order chi connectivity index (χ0) is 27.2. The van der Waals surface area contributed by atoms with Crippen LogP contribution in [0.5, 0.6) is 0 Å². The first-order chi connectivity index (χ1) is 18.4. The van der Waals surface area contributed by atoms with Crippen LogP contribution in [-0.2, 0) is 24.4 Å². The molecule has 9 heteroatoms. The molecule has 200 valence electrons. The van der Waals surface area contributed by atoms with E-state index in [0.717, 1.165) is 64.4 Å². The number of aryl methyl sites for hydroxylation is 2. The number of aromatic nitrogens is 4. The number of carbonyl (C=O) groups is 1. The lowest BCUT2D eigenvalue weighted by Crippen LogP contribution is -2.27. The van der Waals surface area contributed by atoms with Crippen molar-refractivity contribution in [1.82, 2.24) is 30.0 Å². The molecule has 0 aliphatic rings. The molecule has 0 radical (unpaired) electrons. The van der Waals surface area contributed by atoms with Crippen molar-refractivity contribution >= 4 is 22.5 Å². The number of carbonyl (C=O) groups excluding carboxylic acids is 1. The van der Waals surface area contributed by atoms with E-state index in [2.05, 4.69) is 22.7 Å². The fourth-order valence-electron chi connectivity index (χ4n) is 4.54. The summed E-state index contributed by atoms with van der Waals surface area (Å²) in [5, 5.41) is 11.8. The Labute approximate surface area is 224 Å². The van der Waals surface area contributed by atoms with E-state index in [1.54, 1.807) is 12.0 Å². The number of ether oxygens (including phenoxy) is 1. The number of hydrogen-bond donors (Lipinski definition) is 2. The Morgan fingerprint density at radius 3 is 2.58 bits per heavy atom. The summed E-state index contributed by atoms with van der Waals surface area (Å²) in [5.74, 6) is -0.0843.